The van der Waals surface area contributed by atoms with Crippen molar-refractivity contribution in [3.8, 4) is 6.07 Å². The molecule has 0 bridgehead atoms. The number of hydrogen-bond donors (Lipinski definition) is 1. The van der Waals surface area contributed by atoms with Crippen LogP contribution in [0, 0.1) is 16.7 Å². The summed E-state index contributed by atoms with van der Waals surface area (Å²) in [5.74, 6) is -0.597. The summed E-state index contributed by atoms with van der Waals surface area (Å²) in [6.07, 6.45) is 0. The van der Waals surface area contributed by atoms with Gasteiger partial charge in [-0.15, -0.1) is 0 Å². The number of hydrogen-bond acceptors (Lipinski definition) is 3. The van der Waals surface area contributed by atoms with E-state index in [1.54, 1.807) is 36.9 Å². The Balaban J connectivity index is 2.63. The maximum atomic E-state index is 12.4. The van der Waals surface area contributed by atoms with Crippen LogP contribution in [-0.4, -0.2) is 18.4 Å². The van der Waals surface area contributed by atoms with Crippen molar-refractivity contribution in [3.05, 3.63) is 23.8 Å². The lowest BCUT2D eigenvalue weighted by Crippen LogP contribution is -2.45. The van der Waals surface area contributed by atoms with Gasteiger partial charge in [-0.3, -0.25) is 9.59 Å². The van der Waals surface area contributed by atoms with Gasteiger partial charge >= 0.3 is 0 Å². The molecule has 1 aromatic rings. The molecule has 0 radical (unpaired) electrons. The number of carbonyl (C=O) groups is 2. The van der Waals surface area contributed by atoms with Gasteiger partial charge in [0.05, 0.1) is 23.0 Å². The van der Waals surface area contributed by atoms with Crippen molar-refractivity contribution in [2.45, 2.75) is 20.8 Å². The number of anilines is 2. The van der Waals surface area contributed by atoms with E-state index in [2.05, 4.69) is 5.32 Å². The average Bonchev–Trinajstić information content (AvgIpc) is 2.46. The highest BCUT2D eigenvalue weighted by Gasteiger charge is 2.42. The summed E-state index contributed by atoms with van der Waals surface area (Å²) in [5.41, 5.74) is 0.458. The summed E-state index contributed by atoms with van der Waals surface area (Å²) < 4.78 is 0. The molecule has 0 atom stereocenters. The van der Waals surface area contributed by atoms with E-state index in [0.29, 0.717) is 23.5 Å². The zero-order chi connectivity index (χ0) is 14.2. The van der Waals surface area contributed by atoms with Crippen LogP contribution in [0.2, 0.25) is 0 Å². The van der Waals surface area contributed by atoms with E-state index >= 15 is 0 Å². The lowest BCUT2D eigenvalue weighted by atomic mass is 9.91. The molecule has 5 nitrogen and oxygen atoms in total. The van der Waals surface area contributed by atoms with E-state index in [9.17, 15) is 9.59 Å². The third kappa shape index (κ3) is 1.95. The first-order valence-corrected chi connectivity index (χ1v) is 6.09. The van der Waals surface area contributed by atoms with Gasteiger partial charge in [0.15, 0.2) is 0 Å². The van der Waals surface area contributed by atoms with Crippen LogP contribution in [0.1, 0.15) is 26.3 Å². The van der Waals surface area contributed by atoms with Crippen LogP contribution in [0.4, 0.5) is 11.4 Å². The number of nitriles is 1. The Morgan fingerprint density at radius 2 is 2.05 bits per heavy atom. The van der Waals surface area contributed by atoms with Gasteiger partial charge in [0.25, 0.3) is 0 Å². The fraction of sp³-hybridized carbons (Fsp3) is 0.357. The smallest absolute Gasteiger partial charge is 0.242 e. The monoisotopic (exact) mass is 257 g/mol. The molecule has 0 unspecified atom stereocenters. The Morgan fingerprint density at radius 3 is 2.63 bits per heavy atom. The highest BCUT2D eigenvalue weighted by molar-refractivity contribution is 6.19. The minimum Gasteiger partial charge on any atom is -0.323 e. The third-order valence-electron chi connectivity index (χ3n) is 3.33. The van der Waals surface area contributed by atoms with E-state index in [4.69, 9.17) is 5.26 Å². The first kappa shape index (κ1) is 13.1. The van der Waals surface area contributed by atoms with Crippen molar-refractivity contribution in [2.75, 3.05) is 16.8 Å². The lowest BCUT2D eigenvalue weighted by Gasteiger charge is -2.26. The second-order valence-electron chi connectivity index (χ2n) is 4.97. The van der Waals surface area contributed by atoms with Crippen molar-refractivity contribution >= 4 is 23.2 Å². The van der Waals surface area contributed by atoms with E-state index < -0.39 is 5.41 Å². The molecule has 1 aromatic carbocycles. The number of rotatable bonds is 1. The van der Waals surface area contributed by atoms with E-state index in [0.717, 1.165) is 0 Å². The molecule has 0 saturated carbocycles. The number of fused-ring (bicyclic) bond motifs is 1. The molecule has 2 amide bonds. The van der Waals surface area contributed by atoms with Crippen molar-refractivity contribution in [1.29, 1.82) is 5.26 Å². The number of benzene rings is 1. The Kier molecular flexibility index (Phi) is 3.03. The van der Waals surface area contributed by atoms with Gasteiger partial charge in [-0.05, 0) is 39.0 Å². The van der Waals surface area contributed by atoms with Gasteiger partial charge in [-0.1, -0.05) is 0 Å². The molecule has 0 spiro atoms. The quantitative estimate of drug-likeness (QED) is 0.781. The number of amides is 2. The van der Waals surface area contributed by atoms with E-state index in [-0.39, 0.29) is 11.8 Å². The summed E-state index contributed by atoms with van der Waals surface area (Å²) in [5, 5.41) is 11.6. The van der Waals surface area contributed by atoms with Gasteiger partial charge < -0.3 is 10.2 Å². The van der Waals surface area contributed by atoms with Gasteiger partial charge in [-0.25, -0.2) is 0 Å². The zero-order valence-corrected chi connectivity index (χ0v) is 11.2. The summed E-state index contributed by atoms with van der Waals surface area (Å²) in [6, 6.07) is 6.94. The fourth-order valence-electron chi connectivity index (χ4n) is 2.08. The van der Waals surface area contributed by atoms with E-state index in [1.165, 1.54) is 0 Å². The molecule has 1 N–H and O–H groups in total. The molecule has 1 aliphatic heterocycles. The molecule has 1 heterocycles. The Labute approximate surface area is 111 Å². The van der Waals surface area contributed by atoms with Crippen molar-refractivity contribution in [1.82, 2.24) is 0 Å². The maximum Gasteiger partial charge on any atom is 0.242 e. The Hall–Kier alpha value is -2.35. The summed E-state index contributed by atoms with van der Waals surface area (Å²) in [7, 11) is 0. The van der Waals surface area contributed by atoms with Crippen LogP contribution in [0.5, 0.6) is 0 Å². The largest absolute Gasteiger partial charge is 0.323 e. The first-order valence-electron chi connectivity index (χ1n) is 6.09. The average molecular weight is 257 g/mol. The molecule has 0 aliphatic carbocycles. The van der Waals surface area contributed by atoms with Crippen LogP contribution in [0.3, 0.4) is 0 Å². The van der Waals surface area contributed by atoms with Gasteiger partial charge in [0.1, 0.15) is 5.41 Å². The minimum atomic E-state index is -1.12. The lowest BCUT2D eigenvalue weighted by molar-refractivity contribution is -0.136. The predicted octanol–water partition coefficient (Wildman–Crippen LogP) is 1.89. The summed E-state index contributed by atoms with van der Waals surface area (Å²) in [6.45, 7) is 5.52. The van der Waals surface area contributed by atoms with Crippen LogP contribution in [-0.2, 0) is 9.59 Å². The highest BCUT2D eigenvalue weighted by atomic mass is 16.2. The number of carbonyl (C=O) groups excluding carboxylic acids is 2. The summed E-state index contributed by atoms with van der Waals surface area (Å²) >= 11 is 0. The molecule has 2 rings (SSSR count). The molecule has 0 fully saturated rings. The first-order chi connectivity index (χ1) is 8.91. The number of nitrogens with one attached hydrogen (secondary N) is 1. The standard InChI is InChI=1S/C14H15N3O2/c1-4-17-11-6-5-9(8-15)7-10(11)16-12(18)14(2,3)13(17)19/h5-7H,4H2,1-3H3,(H,16,18). The van der Waals surface area contributed by atoms with Gasteiger partial charge in [-0.2, -0.15) is 5.26 Å². The van der Waals surface area contributed by atoms with Crippen LogP contribution in [0.25, 0.3) is 0 Å². The summed E-state index contributed by atoms with van der Waals surface area (Å²) in [4.78, 5) is 26.1. The van der Waals surface area contributed by atoms with Crippen molar-refractivity contribution in [3.63, 3.8) is 0 Å². The van der Waals surface area contributed by atoms with Crippen LogP contribution >= 0.6 is 0 Å². The molecule has 0 aromatic heterocycles. The second kappa shape index (κ2) is 4.39. The molecule has 0 saturated heterocycles. The Morgan fingerprint density at radius 1 is 1.37 bits per heavy atom. The Bertz CT molecular complexity index is 599. The van der Waals surface area contributed by atoms with Gasteiger partial charge in [0.2, 0.25) is 11.8 Å². The molecule has 1 aliphatic rings. The van der Waals surface area contributed by atoms with Crippen molar-refractivity contribution < 1.29 is 9.59 Å². The maximum absolute atomic E-state index is 12.4. The van der Waals surface area contributed by atoms with Crippen LogP contribution in [0.15, 0.2) is 18.2 Å². The normalized spacial score (nSPS) is 17.3. The second-order valence-corrected chi connectivity index (χ2v) is 4.97. The highest BCUT2D eigenvalue weighted by Crippen LogP contribution is 2.35. The molecular formula is C14H15N3O2. The van der Waals surface area contributed by atoms with Gasteiger partial charge in [0, 0.05) is 6.54 Å². The zero-order valence-electron chi connectivity index (χ0n) is 11.2. The van der Waals surface area contributed by atoms with E-state index in [1.807, 2.05) is 13.0 Å². The fourth-order valence-corrected chi connectivity index (χ4v) is 2.08. The molecule has 19 heavy (non-hydrogen) atoms. The van der Waals surface area contributed by atoms with Crippen LogP contribution < -0.4 is 10.2 Å². The topological polar surface area (TPSA) is 73.2 Å². The molecule has 5 heteroatoms. The predicted molar refractivity (Wildman–Crippen MR) is 71.6 cm³/mol. The SMILES string of the molecule is CCN1C(=O)C(C)(C)C(=O)Nc2cc(C#N)ccc21. The molecule has 98 valence electrons. The minimum absolute atomic E-state index is 0.240. The molecular weight excluding hydrogens is 242 g/mol. The third-order valence-corrected chi connectivity index (χ3v) is 3.33. The van der Waals surface area contributed by atoms with Crippen molar-refractivity contribution in [2.24, 2.45) is 5.41 Å². The number of nitrogens with zero attached hydrogens (tertiary/aromatic N) is 2.